The summed E-state index contributed by atoms with van der Waals surface area (Å²) < 4.78 is 35.2. The lowest BCUT2D eigenvalue weighted by Gasteiger charge is -2.06. The first-order valence-corrected chi connectivity index (χ1v) is 5.35. The van der Waals surface area contributed by atoms with Crippen LogP contribution in [0.1, 0.15) is 51.4 Å². The Morgan fingerprint density at radius 2 is 1.27 bits per heavy atom. The van der Waals surface area contributed by atoms with Gasteiger partial charge in [0.25, 0.3) is 0 Å². The van der Waals surface area contributed by atoms with E-state index in [1.807, 2.05) is 0 Å². The average molecular weight is 228 g/mol. The molecule has 0 aromatic heterocycles. The van der Waals surface area contributed by atoms with E-state index in [-0.39, 0.29) is 6.42 Å². The Morgan fingerprint density at radius 1 is 0.800 bits per heavy atom. The smallest absolute Gasteiger partial charge is 0.368 e. The summed E-state index contributed by atoms with van der Waals surface area (Å²) in [5.41, 5.74) is 0. The summed E-state index contributed by atoms with van der Waals surface area (Å²) in [5, 5.41) is 17.0. The Labute approximate surface area is 88.1 Å². The predicted molar refractivity (Wildman–Crippen MR) is 51.2 cm³/mol. The van der Waals surface area contributed by atoms with Gasteiger partial charge >= 0.3 is 6.18 Å². The fourth-order valence-corrected chi connectivity index (χ4v) is 1.36. The van der Waals surface area contributed by atoms with Gasteiger partial charge in [0.1, 0.15) is 0 Å². The molecule has 15 heavy (non-hydrogen) atoms. The third kappa shape index (κ3) is 13.7. The van der Waals surface area contributed by atoms with Crippen LogP contribution in [0.3, 0.4) is 0 Å². The maximum Gasteiger partial charge on any atom is 0.389 e. The van der Waals surface area contributed by atoms with E-state index >= 15 is 0 Å². The predicted octanol–water partition coefficient (Wildman–Crippen LogP) is 2.98. The van der Waals surface area contributed by atoms with Gasteiger partial charge in [0.2, 0.25) is 0 Å². The molecule has 0 fully saturated rings. The van der Waals surface area contributed by atoms with Crippen molar-refractivity contribution < 1.29 is 23.4 Å². The number of halogens is 3. The molecule has 0 aromatic rings. The van der Waals surface area contributed by atoms with Crippen molar-refractivity contribution in [2.75, 3.05) is 0 Å². The normalized spacial score (nSPS) is 12.4. The Hall–Kier alpha value is -0.290. The maximum atomic E-state index is 11.7. The number of unbranched alkanes of at least 4 members (excludes halogenated alkanes) is 5. The van der Waals surface area contributed by atoms with E-state index in [1.165, 1.54) is 0 Å². The zero-order valence-electron chi connectivity index (χ0n) is 8.76. The summed E-state index contributed by atoms with van der Waals surface area (Å²) >= 11 is 0. The molecule has 0 amide bonds. The van der Waals surface area contributed by atoms with Crippen LogP contribution in [0.4, 0.5) is 13.2 Å². The number of alkyl halides is 3. The lowest BCUT2D eigenvalue weighted by Crippen LogP contribution is -2.06. The fourth-order valence-electron chi connectivity index (χ4n) is 1.36. The Bertz CT molecular complexity index is 146. The molecule has 0 unspecified atom stereocenters. The van der Waals surface area contributed by atoms with Crippen LogP contribution >= 0.6 is 0 Å². The van der Waals surface area contributed by atoms with Gasteiger partial charge in [-0.05, 0) is 19.3 Å². The molecule has 2 nitrogen and oxygen atoms in total. The molecular weight excluding hydrogens is 209 g/mol. The summed E-state index contributed by atoms with van der Waals surface area (Å²) in [6, 6.07) is 0. The van der Waals surface area contributed by atoms with E-state index in [2.05, 4.69) is 0 Å². The molecule has 2 N–H and O–H groups in total. The van der Waals surface area contributed by atoms with Crippen LogP contribution in [-0.4, -0.2) is 22.7 Å². The second-order valence-electron chi connectivity index (χ2n) is 3.76. The number of aliphatic hydroxyl groups is 2. The van der Waals surface area contributed by atoms with E-state index in [1.54, 1.807) is 0 Å². The van der Waals surface area contributed by atoms with Gasteiger partial charge in [-0.25, -0.2) is 0 Å². The first-order valence-electron chi connectivity index (χ1n) is 5.35. The molecule has 0 aliphatic carbocycles. The van der Waals surface area contributed by atoms with Crippen molar-refractivity contribution in [3.05, 3.63) is 0 Å². The second-order valence-corrected chi connectivity index (χ2v) is 3.76. The molecule has 0 bridgehead atoms. The van der Waals surface area contributed by atoms with Crippen molar-refractivity contribution in [3.8, 4) is 0 Å². The summed E-state index contributed by atoms with van der Waals surface area (Å²) in [4.78, 5) is 0. The van der Waals surface area contributed by atoms with E-state index in [0.717, 1.165) is 25.7 Å². The molecular formula is C10H19F3O2. The highest BCUT2D eigenvalue weighted by molar-refractivity contribution is 4.52. The van der Waals surface area contributed by atoms with Crippen LogP contribution < -0.4 is 0 Å². The monoisotopic (exact) mass is 228 g/mol. The minimum absolute atomic E-state index is 0.201. The van der Waals surface area contributed by atoms with Gasteiger partial charge in [-0.15, -0.1) is 0 Å². The molecule has 0 saturated carbocycles. The van der Waals surface area contributed by atoms with Crippen LogP contribution in [0.2, 0.25) is 0 Å². The summed E-state index contributed by atoms with van der Waals surface area (Å²) in [7, 11) is 0. The highest BCUT2D eigenvalue weighted by atomic mass is 19.4. The minimum atomic E-state index is -4.03. The van der Waals surface area contributed by atoms with Gasteiger partial charge in [0.05, 0.1) is 0 Å². The van der Waals surface area contributed by atoms with Gasteiger partial charge in [-0.1, -0.05) is 25.7 Å². The summed E-state index contributed by atoms with van der Waals surface area (Å²) in [6.45, 7) is 0. The molecule has 5 heteroatoms. The van der Waals surface area contributed by atoms with Crippen LogP contribution in [0.25, 0.3) is 0 Å². The fraction of sp³-hybridized carbons (Fsp3) is 1.00. The quantitative estimate of drug-likeness (QED) is 0.495. The van der Waals surface area contributed by atoms with Crippen LogP contribution in [0, 0.1) is 0 Å². The van der Waals surface area contributed by atoms with Crippen molar-refractivity contribution in [2.24, 2.45) is 0 Å². The van der Waals surface area contributed by atoms with Crippen molar-refractivity contribution in [1.82, 2.24) is 0 Å². The molecule has 0 radical (unpaired) electrons. The average Bonchev–Trinajstić information content (AvgIpc) is 2.07. The Balaban J connectivity index is 3.06. The molecule has 0 rings (SSSR count). The van der Waals surface area contributed by atoms with Crippen molar-refractivity contribution in [3.63, 3.8) is 0 Å². The molecule has 92 valence electrons. The number of hydrogen-bond donors (Lipinski definition) is 2. The Kier molecular flexibility index (Phi) is 7.78. The molecule has 0 aliphatic rings. The first-order chi connectivity index (χ1) is 6.92. The Morgan fingerprint density at radius 3 is 1.73 bits per heavy atom. The first kappa shape index (κ1) is 14.7. The topological polar surface area (TPSA) is 40.5 Å². The van der Waals surface area contributed by atoms with Crippen LogP contribution in [0.15, 0.2) is 0 Å². The number of hydrogen-bond acceptors (Lipinski definition) is 2. The SMILES string of the molecule is OC(O)CCCCCCCCC(F)(F)F. The van der Waals surface area contributed by atoms with E-state index < -0.39 is 18.9 Å². The van der Waals surface area contributed by atoms with Gasteiger partial charge in [0, 0.05) is 6.42 Å². The molecule has 0 saturated heterocycles. The van der Waals surface area contributed by atoms with Crippen molar-refractivity contribution in [2.45, 2.75) is 63.8 Å². The summed E-state index contributed by atoms with van der Waals surface area (Å²) in [5.74, 6) is 0. The summed E-state index contributed by atoms with van der Waals surface area (Å²) in [6.07, 6.45) is -1.60. The molecule has 0 atom stereocenters. The largest absolute Gasteiger partial charge is 0.389 e. The van der Waals surface area contributed by atoms with Gasteiger partial charge in [0.15, 0.2) is 6.29 Å². The standard InChI is InChI=1S/C10H19F3O2/c11-10(12,13)8-6-4-2-1-3-5-7-9(14)15/h9,14-15H,1-8H2. The molecule has 0 aliphatic heterocycles. The number of rotatable bonds is 8. The highest BCUT2D eigenvalue weighted by Crippen LogP contribution is 2.23. The number of aliphatic hydroxyl groups excluding tert-OH is 1. The van der Waals surface area contributed by atoms with Gasteiger partial charge in [-0.2, -0.15) is 13.2 Å². The molecule has 0 heterocycles. The second kappa shape index (κ2) is 7.93. The van der Waals surface area contributed by atoms with Crippen LogP contribution in [0.5, 0.6) is 0 Å². The van der Waals surface area contributed by atoms with Gasteiger partial charge < -0.3 is 10.2 Å². The lowest BCUT2D eigenvalue weighted by molar-refractivity contribution is -0.135. The zero-order valence-corrected chi connectivity index (χ0v) is 8.76. The van der Waals surface area contributed by atoms with E-state index in [0.29, 0.717) is 12.8 Å². The molecule has 0 spiro atoms. The highest BCUT2D eigenvalue weighted by Gasteiger charge is 2.25. The minimum Gasteiger partial charge on any atom is -0.368 e. The third-order valence-electron chi connectivity index (χ3n) is 2.17. The lowest BCUT2D eigenvalue weighted by atomic mass is 10.1. The van der Waals surface area contributed by atoms with Crippen molar-refractivity contribution in [1.29, 1.82) is 0 Å². The van der Waals surface area contributed by atoms with Crippen LogP contribution in [-0.2, 0) is 0 Å². The van der Waals surface area contributed by atoms with E-state index in [4.69, 9.17) is 10.2 Å². The van der Waals surface area contributed by atoms with E-state index in [9.17, 15) is 13.2 Å². The van der Waals surface area contributed by atoms with Crippen molar-refractivity contribution >= 4 is 0 Å². The van der Waals surface area contributed by atoms with Gasteiger partial charge in [-0.3, -0.25) is 0 Å². The zero-order chi connectivity index (χ0) is 11.7. The third-order valence-corrected chi connectivity index (χ3v) is 2.17. The molecule has 0 aromatic carbocycles. The maximum absolute atomic E-state index is 11.7.